The summed E-state index contributed by atoms with van der Waals surface area (Å²) in [4.78, 5) is 4.70. The molecular weight excluding hydrogens is 250 g/mol. The van der Waals surface area contributed by atoms with Crippen LogP contribution in [0.15, 0.2) is 4.52 Å². The van der Waals surface area contributed by atoms with Gasteiger partial charge < -0.3 is 10.3 Å². The summed E-state index contributed by atoms with van der Waals surface area (Å²) < 4.78 is 5.54. The van der Waals surface area contributed by atoms with Crippen molar-refractivity contribution in [1.29, 1.82) is 0 Å². The highest BCUT2D eigenvalue weighted by Gasteiger charge is 2.30. The van der Waals surface area contributed by atoms with Gasteiger partial charge >= 0.3 is 0 Å². The molecule has 0 radical (unpaired) electrons. The minimum absolute atomic E-state index is 0.202. The van der Waals surface area contributed by atoms with Crippen molar-refractivity contribution < 1.29 is 4.52 Å². The fourth-order valence-corrected chi connectivity index (χ4v) is 3.86. The van der Waals surface area contributed by atoms with Crippen molar-refractivity contribution in [2.45, 2.75) is 82.6 Å². The Morgan fingerprint density at radius 2 is 1.85 bits per heavy atom. The van der Waals surface area contributed by atoms with Crippen LogP contribution in [0.3, 0.4) is 0 Å². The second-order valence-corrected chi connectivity index (χ2v) is 6.67. The van der Waals surface area contributed by atoms with E-state index < -0.39 is 0 Å². The van der Waals surface area contributed by atoms with E-state index >= 15 is 0 Å². The van der Waals surface area contributed by atoms with E-state index in [9.17, 15) is 0 Å². The van der Waals surface area contributed by atoms with E-state index in [2.05, 4.69) is 12.1 Å². The molecule has 1 heterocycles. The van der Waals surface area contributed by atoms with Gasteiger partial charge in [0, 0.05) is 12.0 Å². The van der Waals surface area contributed by atoms with Crippen molar-refractivity contribution in [3.63, 3.8) is 0 Å². The van der Waals surface area contributed by atoms with Gasteiger partial charge in [0.25, 0.3) is 0 Å². The molecule has 2 unspecified atom stereocenters. The number of hydrogen-bond acceptors (Lipinski definition) is 4. The van der Waals surface area contributed by atoms with Crippen LogP contribution in [0, 0.1) is 5.92 Å². The molecule has 4 nitrogen and oxygen atoms in total. The number of aromatic nitrogens is 2. The van der Waals surface area contributed by atoms with Gasteiger partial charge in [-0.3, -0.25) is 0 Å². The number of nitrogens with zero attached hydrogens (tertiary/aromatic N) is 2. The molecule has 0 saturated heterocycles. The molecule has 20 heavy (non-hydrogen) atoms. The number of hydrogen-bond donors (Lipinski definition) is 1. The minimum atomic E-state index is 0.202. The maximum atomic E-state index is 6.21. The van der Waals surface area contributed by atoms with Gasteiger partial charge in [0.1, 0.15) is 0 Å². The second-order valence-electron chi connectivity index (χ2n) is 6.67. The highest BCUT2D eigenvalue weighted by atomic mass is 16.5. The zero-order valence-corrected chi connectivity index (χ0v) is 12.6. The van der Waals surface area contributed by atoms with Gasteiger partial charge in [0.05, 0.1) is 5.92 Å². The summed E-state index contributed by atoms with van der Waals surface area (Å²) in [6, 6.07) is 0.202. The van der Waals surface area contributed by atoms with E-state index in [1.807, 2.05) is 0 Å². The quantitative estimate of drug-likeness (QED) is 0.914. The summed E-state index contributed by atoms with van der Waals surface area (Å²) in [5.41, 5.74) is 6.21. The molecule has 1 aromatic heterocycles. The highest BCUT2D eigenvalue weighted by Crippen LogP contribution is 2.37. The standard InChI is InChI=1S/C16H27N3O/c1-2-11-7-9-12(10-8-11)15-18-16(20-19-15)13-5-3-4-6-14(13)17/h11-14H,2-10,17H2,1H3. The third kappa shape index (κ3) is 2.90. The average molecular weight is 277 g/mol. The SMILES string of the molecule is CCC1CCC(c2noc(C3CCCCC3N)n2)CC1. The van der Waals surface area contributed by atoms with Crippen LogP contribution in [-0.2, 0) is 0 Å². The first-order valence-corrected chi connectivity index (χ1v) is 8.37. The molecule has 2 atom stereocenters. The molecule has 0 aliphatic heterocycles. The molecule has 0 spiro atoms. The Kier molecular flexibility index (Phi) is 4.39. The Bertz CT molecular complexity index is 423. The van der Waals surface area contributed by atoms with Gasteiger partial charge in [-0.15, -0.1) is 0 Å². The van der Waals surface area contributed by atoms with E-state index in [1.165, 1.54) is 44.9 Å². The predicted octanol–water partition coefficient (Wildman–Crippen LogP) is 3.74. The van der Waals surface area contributed by atoms with Crippen LogP contribution in [0.1, 0.15) is 88.3 Å². The monoisotopic (exact) mass is 277 g/mol. The third-order valence-electron chi connectivity index (χ3n) is 5.38. The van der Waals surface area contributed by atoms with Crippen LogP contribution in [0.4, 0.5) is 0 Å². The molecule has 4 heteroatoms. The molecule has 2 aliphatic rings. The van der Waals surface area contributed by atoms with Crippen LogP contribution < -0.4 is 5.73 Å². The second kappa shape index (κ2) is 6.25. The Balaban J connectivity index is 1.64. The zero-order chi connectivity index (χ0) is 13.9. The highest BCUT2D eigenvalue weighted by molar-refractivity contribution is 5.04. The summed E-state index contributed by atoms with van der Waals surface area (Å²) >= 11 is 0. The Morgan fingerprint density at radius 1 is 1.10 bits per heavy atom. The van der Waals surface area contributed by atoms with E-state index in [4.69, 9.17) is 15.2 Å². The minimum Gasteiger partial charge on any atom is -0.339 e. The number of nitrogens with two attached hydrogens (primary N) is 1. The maximum absolute atomic E-state index is 6.21. The van der Waals surface area contributed by atoms with Gasteiger partial charge in [-0.1, -0.05) is 31.3 Å². The van der Waals surface area contributed by atoms with Crippen molar-refractivity contribution in [1.82, 2.24) is 10.1 Å². The summed E-state index contributed by atoms with van der Waals surface area (Å²) in [7, 11) is 0. The molecule has 0 bridgehead atoms. The fraction of sp³-hybridized carbons (Fsp3) is 0.875. The first kappa shape index (κ1) is 14.1. The molecule has 2 saturated carbocycles. The molecule has 112 valence electrons. The normalized spacial score (nSPS) is 35.1. The van der Waals surface area contributed by atoms with Crippen LogP contribution >= 0.6 is 0 Å². The van der Waals surface area contributed by atoms with Gasteiger partial charge in [0.2, 0.25) is 5.89 Å². The summed E-state index contributed by atoms with van der Waals surface area (Å²) in [6.07, 6.45) is 11.0. The lowest BCUT2D eigenvalue weighted by Gasteiger charge is -2.26. The molecule has 3 rings (SSSR count). The van der Waals surface area contributed by atoms with E-state index in [-0.39, 0.29) is 12.0 Å². The van der Waals surface area contributed by atoms with E-state index in [0.717, 1.165) is 30.5 Å². The first-order chi connectivity index (χ1) is 9.78. The van der Waals surface area contributed by atoms with Crippen LogP contribution in [0.2, 0.25) is 0 Å². The lowest BCUT2D eigenvalue weighted by atomic mass is 9.80. The van der Waals surface area contributed by atoms with Crippen molar-refractivity contribution in [3.8, 4) is 0 Å². The lowest BCUT2D eigenvalue weighted by Crippen LogP contribution is -2.31. The van der Waals surface area contributed by atoms with Crippen LogP contribution in [0.5, 0.6) is 0 Å². The van der Waals surface area contributed by atoms with E-state index in [0.29, 0.717) is 5.92 Å². The summed E-state index contributed by atoms with van der Waals surface area (Å²) in [5.74, 6) is 3.44. The fourth-order valence-electron chi connectivity index (χ4n) is 3.86. The molecule has 2 fully saturated rings. The molecule has 2 N–H and O–H groups in total. The first-order valence-electron chi connectivity index (χ1n) is 8.37. The summed E-state index contributed by atoms with van der Waals surface area (Å²) in [5, 5.41) is 4.26. The van der Waals surface area contributed by atoms with Crippen molar-refractivity contribution in [3.05, 3.63) is 11.7 Å². The number of rotatable bonds is 3. The van der Waals surface area contributed by atoms with Crippen LogP contribution in [-0.4, -0.2) is 16.2 Å². The maximum Gasteiger partial charge on any atom is 0.231 e. The van der Waals surface area contributed by atoms with Gasteiger partial charge in [0.15, 0.2) is 5.82 Å². The zero-order valence-electron chi connectivity index (χ0n) is 12.6. The van der Waals surface area contributed by atoms with Crippen LogP contribution in [0.25, 0.3) is 0 Å². The van der Waals surface area contributed by atoms with Gasteiger partial charge in [-0.05, 0) is 44.4 Å². The van der Waals surface area contributed by atoms with Crippen molar-refractivity contribution in [2.75, 3.05) is 0 Å². The smallest absolute Gasteiger partial charge is 0.231 e. The van der Waals surface area contributed by atoms with Gasteiger partial charge in [-0.25, -0.2) is 0 Å². The van der Waals surface area contributed by atoms with Crippen molar-refractivity contribution in [2.24, 2.45) is 11.7 Å². The Labute approximate surface area is 121 Å². The molecule has 0 amide bonds. The molecule has 1 aromatic rings. The lowest BCUT2D eigenvalue weighted by molar-refractivity contribution is 0.282. The average Bonchev–Trinajstić information content (AvgIpc) is 2.97. The van der Waals surface area contributed by atoms with E-state index in [1.54, 1.807) is 0 Å². The molecular formula is C16H27N3O. The topological polar surface area (TPSA) is 64.9 Å². The largest absolute Gasteiger partial charge is 0.339 e. The van der Waals surface area contributed by atoms with Crippen molar-refractivity contribution >= 4 is 0 Å². The van der Waals surface area contributed by atoms with Gasteiger partial charge in [-0.2, -0.15) is 4.98 Å². The Hall–Kier alpha value is -0.900. The Morgan fingerprint density at radius 3 is 2.55 bits per heavy atom. The molecule has 0 aromatic carbocycles. The third-order valence-corrected chi connectivity index (χ3v) is 5.38. The predicted molar refractivity (Wildman–Crippen MR) is 78.5 cm³/mol. The molecule has 2 aliphatic carbocycles. The summed E-state index contributed by atoms with van der Waals surface area (Å²) in [6.45, 7) is 2.29.